The van der Waals surface area contributed by atoms with Crippen LogP contribution in [0.5, 0.6) is 0 Å². The van der Waals surface area contributed by atoms with Gasteiger partial charge in [0.15, 0.2) is 5.69 Å². The molecule has 0 fully saturated rings. The quantitative estimate of drug-likeness (QED) is 0.901. The number of rotatable bonds is 5. The Hall–Kier alpha value is -2.48. The molecule has 2 rings (SSSR count). The fourth-order valence-electron chi connectivity index (χ4n) is 2.03. The molecular weight excluding hydrogens is 250 g/mol. The van der Waals surface area contributed by atoms with Gasteiger partial charge in [-0.05, 0) is 29.7 Å². The lowest BCUT2D eigenvalue weighted by molar-refractivity contribution is 0.515. The van der Waals surface area contributed by atoms with E-state index in [0.29, 0.717) is 23.3 Å². The number of aromatic nitrogens is 3. The van der Waals surface area contributed by atoms with Crippen molar-refractivity contribution in [3.63, 3.8) is 0 Å². The standard InChI is InChI=1S/C15H17N5/c1-11(2)14(12-4-3-7-17-9-12)10-18-15-6-5-13(8-16)19-20-15/h3-7,9,11,14H,10H2,1-2H3,(H,18,20). The zero-order valence-electron chi connectivity index (χ0n) is 11.6. The first kappa shape index (κ1) is 13.9. The van der Waals surface area contributed by atoms with Crippen LogP contribution in [0.15, 0.2) is 36.7 Å². The number of nitrogens with one attached hydrogen (secondary N) is 1. The number of nitrogens with zero attached hydrogens (tertiary/aromatic N) is 4. The SMILES string of the molecule is CC(C)C(CNc1ccc(C#N)nn1)c1cccnc1. The van der Waals surface area contributed by atoms with Gasteiger partial charge in [-0.15, -0.1) is 10.2 Å². The molecule has 1 atom stereocenters. The summed E-state index contributed by atoms with van der Waals surface area (Å²) in [5.41, 5.74) is 1.53. The predicted molar refractivity (Wildman–Crippen MR) is 77.1 cm³/mol. The van der Waals surface area contributed by atoms with Crippen molar-refractivity contribution in [2.75, 3.05) is 11.9 Å². The molecule has 0 amide bonds. The monoisotopic (exact) mass is 267 g/mol. The normalized spacial score (nSPS) is 11.9. The summed E-state index contributed by atoms with van der Waals surface area (Å²) in [4.78, 5) is 4.17. The van der Waals surface area contributed by atoms with Crippen LogP contribution in [0.2, 0.25) is 0 Å². The van der Waals surface area contributed by atoms with Crippen molar-refractivity contribution >= 4 is 5.82 Å². The molecule has 2 aromatic rings. The van der Waals surface area contributed by atoms with Gasteiger partial charge < -0.3 is 5.32 Å². The highest BCUT2D eigenvalue weighted by atomic mass is 15.2. The van der Waals surface area contributed by atoms with Crippen molar-refractivity contribution in [1.29, 1.82) is 5.26 Å². The van der Waals surface area contributed by atoms with Crippen molar-refractivity contribution in [3.8, 4) is 6.07 Å². The molecular formula is C15H17N5. The number of pyridine rings is 1. The second kappa shape index (κ2) is 6.62. The van der Waals surface area contributed by atoms with Crippen molar-refractivity contribution in [1.82, 2.24) is 15.2 Å². The molecule has 5 nitrogen and oxygen atoms in total. The van der Waals surface area contributed by atoms with Gasteiger partial charge in [0.25, 0.3) is 0 Å². The van der Waals surface area contributed by atoms with E-state index in [0.717, 1.165) is 6.54 Å². The Labute approximate surface area is 118 Å². The van der Waals surface area contributed by atoms with E-state index >= 15 is 0 Å². The van der Waals surface area contributed by atoms with Crippen molar-refractivity contribution in [2.24, 2.45) is 5.92 Å². The molecule has 1 unspecified atom stereocenters. The second-order valence-electron chi connectivity index (χ2n) is 4.93. The third-order valence-electron chi connectivity index (χ3n) is 3.20. The minimum Gasteiger partial charge on any atom is -0.368 e. The molecule has 0 bridgehead atoms. The highest BCUT2D eigenvalue weighted by Gasteiger charge is 2.16. The molecule has 0 aromatic carbocycles. The van der Waals surface area contributed by atoms with Gasteiger partial charge in [-0.1, -0.05) is 19.9 Å². The molecule has 0 spiro atoms. The van der Waals surface area contributed by atoms with Crippen LogP contribution in [0.4, 0.5) is 5.82 Å². The van der Waals surface area contributed by atoms with Gasteiger partial charge in [0.1, 0.15) is 11.9 Å². The summed E-state index contributed by atoms with van der Waals surface area (Å²) < 4.78 is 0. The van der Waals surface area contributed by atoms with E-state index in [9.17, 15) is 0 Å². The Kier molecular flexibility index (Phi) is 4.61. The summed E-state index contributed by atoms with van der Waals surface area (Å²) >= 11 is 0. The number of hydrogen-bond acceptors (Lipinski definition) is 5. The second-order valence-corrected chi connectivity index (χ2v) is 4.93. The van der Waals surface area contributed by atoms with Crippen molar-refractivity contribution in [2.45, 2.75) is 19.8 Å². The Bertz CT molecular complexity index is 571. The number of hydrogen-bond donors (Lipinski definition) is 1. The summed E-state index contributed by atoms with van der Waals surface area (Å²) in [5, 5.41) is 19.7. The Balaban J connectivity index is 2.04. The first-order valence-electron chi connectivity index (χ1n) is 6.58. The van der Waals surface area contributed by atoms with Gasteiger partial charge in [0.05, 0.1) is 0 Å². The first-order valence-corrected chi connectivity index (χ1v) is 6.58. The zero-order valence-corrected chi connectivity index (χ0v) is 11.6. The summed E-state index contributed by atoms with van der Waals surface area (Å²) in [7, 11) is 0. The first-order chi connectivity index (χ1) is 9.70. The topological polar surface area (TPSA) is 74.5 Å². The van der Waals surface area contributed by atoms with E-state index in [2.05, 4.69) is 40.4 Å². The summed E-state index contributed by atoms with van der Waals surface area (Å²) in [6.07, 6.45) is 3.68. The van der Waals surface area contributed by atoms with Gasteiger partial charge in [-0.25, -0.2) is 0 Å². The van der Waals surface area contributed by atoms with E-state index < -0.39 is 0 Å². The lowest BCUT2D eigenvalue weighted by Gasteiger charge is -2.21. The number of nitriles is 1. The van der Waals surface area contributed by atoms with Crippen LogP contribution in [0.1, 0.15) is 31.0 Å². The van der Waals surface area contributed by atoms with E-state index in [4.69, 9.17) is 5.26 Å². The Morgan fingerprint density at radius 3 is 2.65 bits per heavy atom. The maximum Gasteiger partial charge on any atom is 0.163 e. The van der Waals surface area contributed by atoms with E-state index in [1.807, 2.05) is 18.3 Å². The van der Waals surface area contributed by atoms with Crippen LogP contribution in [0.25, 0.3) is 0 Å². The van der Waals surface area contributed by atoms with Gasteiger partial charge >= 0.3 is 0 Å². The fourth-order valence-corrected chi connectivity index (χ4v) is 2.03. The molecule has 2 aromatic heterocycles. The summed E-state index contributed by atoms with van der Waals surface area (Å²) in [5.74, 6) is 1.51. The number of anilines is 1. The van der Waals surface area contributed by atoms with Crippen LogP contribution < -0.4 is 5.32 Å². The summed E-state index contributed by atoms with van der Waals surface area (Å²) in [6, 6.07) is 9.42. The molecule has 5 heteroatoms. The smallest absolute Gasteiger partial charge is 0.163 e. The van der Waals surface area contributed by atoms with E-state index in [1.54, 1.807) is 18.3 Å². The molecule has 0 saturated carbocycles. The van der Waals surface area contributed by atoms with Crippen LogP contribution >= 0.6 is 0 Å². The van der Waals surface area contributed by atoms with Gasteiger partial charge in [0, 0.05) is 24.9 Å². The molecule has 1 N–H and O–H groups in total. The van der Waals surface area contributed by atoms with Crippen LogP contribution in [0.3, 0.4) is 0 Å². The highest BCUT2D eigenvalue weighted by Crippen LogP contribution is 2.23. The third-order valence-corrected chi connectivity index (χ3v) is 3.20. The van der Waals surface area contributed by atoms with Crippen molar-refractivity contribution in [3.05, 3.63) is 47.9 Å². The van der Waals surface area contributed by atoms with E-state index in [1.165, 1.54) is 5.56 Å². The fraction of sp³-hybridized carbons (Fsp3) is 0.333. The minimum absolute atomic E-state index is 0.322. The Morgan fingerprint density at radius 2 is 2.10 bits per heavy atom. The van der Waals surface area contributed by atoms with Crippen LogP contribution in [0, 0.1) is 17.2 Å². The summed E-state index contributed by atoms with van der Waals surface area (Å²) in [6.45, 7) is 5.12. The third kappa shape index (κ3) is 3.51. The lowest BCUT2D eigenvalue weighted by Crippen LogP contribution is -2.18. The minimum atomic E-state index is 0.322. The lowest BCUT2D eigenvalue weighted by atomic mass is 9.89. The van der Waals surface area contributed by atoms with Gasteiger partial charge in [-0.3, -0.25) is 4.98 Å². The average Bonchev–Trinajstić information content (AvgIpc) is 2.49. The Morgan fingerprint density at radius 1 is 1.25 bits per heavy atom. The molecule has 102 valence electrons. The molecule has 0 saturated heterocycles. The van der Waals surface area contributed by atoms with E-state index in [-0.39, 0.29) is 0 Å². The van der Waals surface area contributed by atoms with Crippen LogP contribution in [-0.4, -0.2) is 21.7 Å². The largest absolute Gasteiger partial charge is 0.368 e. The maximum atomic E-state index is 8.69. The average molecular weight is 267 g/mol. The molecule has 0 aliphatic rings. The van der Waals surface area contributed by atoms with Gasteiger partial charge in [-0.2, -0.15) is 5.26 Å². The predicted octanol–water partition coefficient (Wildman–Crippen LogP) is 2.59. The molecule has 0 aliphatic carbocycles. The molecule has 0 aliphatic heterocycles. The highest BCUT2D eigenvalue weighted by molar-refractivity contribution is 5.36. The molecule has 0 radical (unpaired) electrons. The zero-order chi connectivity index (χ0) is 14.4. The van der Waals surface area contributed by atoms with Crippen LogP contribution in [-0.2, 0) is 0 Å². The van der Waals surface area contributed by atoms with Gasteiger partial charge in [0.2, 0.25) is 0 Å². The maximum absolute atomic E-state index is 8.69. The molecule has 2 heterocycles. The van der Waals surface area contributed by atoms with Crippen molar-refractivity contribution < 1.29 is 0 Å². The molecule has 20 heavy (non-hydrogen) atoms.